The zero-order valence-electron chi connectivity index (χ0n) is 13.8. The molecule has 3 rings (SSSR count). The number of nitrogens with zero attached hydrogens (tertiary/aromatic N) is 2. The van der Waals surface area contributed by atoms with E-state index in [1.54, 1.807) is 36.0 Å². The molecule has 0 fully saturated rings. The van der Waals surface area contributed by atoms with E-state index in [1.807, 2.05) is 0 Å². The first-order valence-electron chi connectivity index (χ1n) is 7.68. The number of anilines is 1. The van der Waals surface area contributed by atoms with Crippen LogP contribution in [0.3, 0.4) is 0 Å². The second-order valence-electron chi connectivity index (χ2n) is 5.67. The third kappa shape index (κ3) is 3.66. The van der Waals surface area contributed by atoms with Gasteiger partial charge in [0.05, 0.1) is 21.4 Å². The zero-order valence-corrected chi connectivity index (χ0v) is 15.3. The van der Waals surface area contributed by atoms with Crippen LogP contribution in [0.2, 0.25) is 10.0 Å². The van der Waals surface area contributed by atoms with E-state index in [4.69, 9.17) is 28.9 Å². The Kier molecular flexibility index (Phi) is 5.15. The van der Waals surface area contributed by atoms with E-state index in [-0.39, 0.29) is 33.7 Å². The van der Waals surface area contributed by atoms with Gasteiger partial charge in [0, 0.05) is 24.5 Å². The molecular weight excluding hydrogens is 378 g/mol. The van der Waals surface area contributed by atoms with Crippen LogP contribution in [0.5, 0.6) is 0 Å². The van der Waals surface area contributed by atoms with Gasteiger partial charge in [-0.05, 0) is 36.8 Å². The number of carbonyl (C=O) groups is 1. The molecule has 1 aromatic heterocycles. The third-order valence-electron chi connectivity index (χ3n) is 3.89. The van der Waals surface area contributed by atoms with Gasteiger partial charge in [-0.2, -0.15) is 0 Å². The van der Waals surface area contributed by atoms with Crippen molar-refractivity contribution in [3.05, 3.63) is 75.5 Å². The van der Waals surface area contributed by atoms with Gasteiger partial charge in [0.2, 0.25) is 0 Å². The monoisotopic (exact) mass is 392 g/mol. The number of hydrogen-bond acceptors (Lipinski definition) is 3. The van der Waals surface area contributed by atoms with Gasteiger partial charge in [0.25, 0.3) is 5.91 Å². The van der Waals surface area contributed by atoms with Gasteiger partial charge in [-0.25, -0.2) is 9.37 Å². The minimum absolute atomic E-state index is 0.151. The standard InChI is InChI=1S/C18H15Cl2FN4O/c1-10-23-4-5-25(10)16-3-2-11(6-15(16)21)9-24-18(26)12-7-13(19)17(22)14(20)8-12/h2-8H,9,22H2,1H3,(H,24,26). The number of nitrogens with one attached hydrogen (secondary N) is 1. The number of aryl methyl sites for hydroxylation is 1. The summed E-state index contributed by atoms with van der Waals surface area (Å²) in [6.45, 7) is 1.94. The molecule has 0 bridgehead atoms. The lowest BCUT2D eigenvalue weighted by Crippen LogP contribution is -2.23. The number of rotatable bonds is 4. The fourth-order valence-electron chi connectivity index (χ4n) is 2.49. The smallest absolute Gasteiger partial charge is 0.251 e. The number of aromatic nitrogens is 2. The summed E-state index contributed by atoms with van der Waals surface area (Å²) in [6.07, 6.45) is 3.29. The molecule has 0 saturated heterocycles. The van der Waals surface area contributed by atoms with Crippen molar-refractivity contribution >= 4 is 34.8 Å². The van der Waals surface area contributed by atoms with Crippen LogP contribution in [0.15, 0.2) is 42.7 Å². The van der Waals surface area contributed by atoms with Gasteiger partial charge in [-0.3, -0.25) is 4.79 Å². The first-order chi connectivity index (χ1) is 12.4. The molecule has 0 aliphatic heterocycles. The Morgan fingerprint density at radius 1 is 1.27 bits per heavy atom. The number of amides is 1. The van der Waals surface area contributed by atoms with E-state index in [0.29, 0.717) is 17.1 Å². The Morgan fingerprint density at radius 2 is 1.96 bits per heavy atom. The Morgan fingerprint density at radius 3 is 2.54 bits per heavy atom. The number of halogens is 3. The number of carbonyl (C=O) groups excluding carboxylic acids is 1. The van der Waals surface area contributed by atoms with Crippen LogP contribution >= 0.6 is 23.2 Å². The molecule has 1 heterocycles. The Bertz CT molecular complexity index is 964. The first kappa shape index (κ1) is 18.2. The highest BCUT2D eigenvalue weighted by Crippen LogP contribution is 2.28. The van der Waals surface area contributed by atoms with E-state index in [0.717, 1.165) is 0 Å². The number of hydrogen-bond donors (Lipinski definition) is 2. The Balaban J connectivity index is 1.73. The van der Waals surface area contributed by atoms with Gasteiger partial charge < -0.3 is 15.6 Å². The summed E-state index contributed by atoms with van der Waals surface area (Å²) in [5.74, 6) is -0.109. The molecule has 3 N–H and O–H groups in total. The zero-order chi connectivity index (χ0) is 18.8. The van der Waals surface area contributed by atoms with E-state index < -0.39 is 5.82 Å². The van der Waals surface area contributed by atoms with E-state index >= 15 is 0 Å². The summed E-state index contributed by atoms with van der Waals surface area (Å²) in [4.78, 5) is 16.3. The average molecular weight is 393 g/mol. The predicted molar refractivity (Wildman–Crippen MR) is 100 cm³/mol. The number of nitrogens with two attached hydrogens (primary N) is 1. The SMILES string of the molecule is Cc1nccn1-c1ccc(CNC(=O)c2cc(Cl)c(N)c(Cl)c2)cc1F. The summed E-state index contributed by atoms with van der Waals surface area (Å²) in [5, 5.41) is 3.10. The highest BCUT2D eigenvalue weighted by molar-refractivity contribution is 6.39. The van der Waals surface area contributed by atoms with Gasteiger partial charge >= 0.3 is 0 Å². The molecule has 2 aromatic carbocycles. The molecule has 134 valence electrons. The van der Waals surface area contributed by atoms with Crippen LogP contribution in [-0.4, -0.2) is 15.5 Å². The van der Waals surface area contributed by atoms with E-state index in [2.05, 4.69) is 10.3 Å². The summed E-state index contributed by atoms with van der Waals surface area (Å²) >= 11 is 11.9. The van der Waals surface area contributed by atoms with E-state index in [1.165, 1.54) is 18.2 Å². The molecule has 0 aliphatic carbocycles. The fourth-order valence-corrected chi connectivity index (χ4v) is 2.98. The number of imidazole rings is 1. The lowest BCUT2D eigenvalue weighted by Gasteiger charge is -2.10. The summed E-state index contributed by atoms with van der Waals surface area (Å²) in [6, 6.07) is 7.62. The third-order valence-corrected chi connectivity index (χ3v) is 4.52. The summed E-state index contributed by atoms with van der Waals surface area (Å²) in [7, 11) is 0. The van der Waals surface area contributed by atoms with Crippen molar-refractivity contribution in [1.29, 1.82) is 0 Å². The molecule has 8 heteroatoms. The van der Waals surface area contributed by atoms with E-state index in [9.17, 15) is 9.18 Å². The molecule has 1 amide bonds. The molecule has 0 atom stereocenters. The fraction of sp³-hybridized carbons (Fsp3) is 0.111. The van der Waals surface area contributed by atoms with Crippen LogP contribution in [0.1, 0.15) is 21.7 Å². The van der Waals surface area contributed by atoms with Gasteiger partial charge in [0.15, 0.2) is 0 Å². The second kappa shape index (κ2) is 7.35. The maximum Gasteiger partial charge on any atom is 0.251 e. The second-order valence-corrected chi connectivity index (χ2v) is 6.48. The molecule has 0 spiro atoms. The lowest BCUT2D eigenvalue weighted by molar-refractivity contribution is 0.0951. The van der Waals surface area contributed by atoms with Crippen molar-refractivity contribution in [3.63, 3.8) is 0 Å². The highest BCUT2D eigenvalue weighted by atomic mass is 35.5. The predicted octanol–water partition coefficient (Wildman–Crippen LogP) is 4.14. The van der Waals surface area contributed by atoms with Crippen molar-refractivity contribution in [2.45, 2.75) is 13.5 Å². The Hall–Kier alpha value is -2.57. The van der Waals surface area contributed by atoms with Crippen LogP contribution < -0.4 is 11.1 Å². The quantitative estimate of drug-likeness (QED) is 0.655. The molecule has 0 radical (unpaired) electrons. The molecule has 0 unspecified atom stereocenters. The van der Waals surface area contributed by atoms with Crippen LogP contribution in [0.4, 0.5) is 10.1 Å². The molecule has 0 aliphatic rings. The minimum atomic E-state index is -0.406. The van der Waals surface area contributed by atoms with Crippen LogP contribution in [-0.2, 0) is 6.54 Å². The average Bonchev–Trinajstić information content (AvgIpc) is 3.03. The molecule has 0 saturated carbocycles. The largest absolute Gasteiger partial charge is 0.396 e. The first-order valence-corrected chi connectivity index (χ1v) is 8.44. The number of benzene rings is 2. The maximum atomic E-state index is 14.4. The molecular formula is C18H15Cl2FN4O. The van der Waals surface area contributed by atoms with Gasteiger partial charge in [-0.15, -0.1) is 0 Å². The summed E-state index contributed by atoms with van der Waals surface area (Å²) < 4.78 is 16.0. The molecule has 5 nitrogen and oxygen atoms in total. The maximum absolute atomic E-state index is 14.4. The lowest BCUT2D eigenvalue weighted by atomic mass is 10.1. The molecule has 3 aromatic rings. The van der Waals surface area contributed by atoms with Crippen molar-refractivity contribution < 1.29 is 9.18 Å². The normalized spacial score (nSPS) is 10.8. The van der Waals surface area contributed by atoms with Gasteiger partial charge in [0.1, 0.15) is 11.6 Å². The Labute approximate surface area is 159 Å². The van der Waals surface area contributed by atoms with Crippen LogP contribution in [0.25, 0.3) is 5.69 Å². The van der Waals surface area contributed by atoms with Crippen molar-refractivity contribution in [1.82, 2.24) is 14.9 Å². The highest BCUT2D eigenvalue weighted by Gasteiger charge is 2.12. The summed E-state index contributed by atoms with van der Waals surface area (Å²) in [5.41, 5.74) is 7.16. The van der Waals surface area contributed by atoms with Crippen LogP contribution in [0, 0.1) is 12.7 Å². The number of nitrogen functional groups attached to an aromatic ring is 1. The minimum Gasteiger partial charge on any atom is -0.396 e. The van der Waals surface area contributed by atoms with Crippen molar-refractivity contribution in [3.8, 4) is 5.69 Å². The van der Waals surface area contributed by atoms with Gasteiger partial charge in [-0.1, -0.05) is 29.3 Å². The molecule has 26 heavy (non-hydrogen) atoms. The topological polar surface area (TPSA) is 72.9 Å². The van der Waals surface area contributed by atoms with Crippen molar-refractivity contribution in [2.24, 2.45) is 0 Å². The van der Waals surface area contributed by atoms with Crippen molar-refractivity contribution in [2.75, 3.05) is 5.73 Å².